The summed E-state index contributed by atoms with van der Waals surface area (Å²) in [5.41, 5.74) is 2.94. The highest BCUT2D eigenvalue weighted by atomic mass is 19.2. The molecule has 0 aromatic heterocycles. The van der Waals surface area contributed by atoms with Gasteiger partial charge in [0.2, 0.25) is 5.82 Å². The van der Waals surface area contributed by atoms with E-state index in [0.29, 0.717) is 30.1 Å². The van der Waals surface area contributed by atoms with Crippen LogP contribution in [-0.4, -0.2) is 26.1 Å². The van der Waals surface area contributed by atoms with Gasteiger partial charge in [-0.2, -0.15) is 4.39 Å². The molecule has 4 rings (SSSR count). The van der Waals surface area contributed by atoms with E-state index in [1.54, 1.807) is 30.3 Å². The normalized spacial score (nSPS) is 17.0. The first-order valence-corrected chi connectivity index (χ1v) is 15.7. The van der Waals surface area contributed by atoms with E-state index >= 15 is 0 Å². The van der Waals surface area contributed by atoms with Gasteiger partial charge in [0.05, 0.1) is 19.8 Å². The summed E-state index contributed by atoms with van der Waals surface area (Å²) in [5.74, 6) is -1.71. The maximum absolute atomic E-state index is 14.9. The average Bonchev–Trinajstić information content (AvgIpc) is 3.01. The third-order valence-electron chi connectivity index (χ3n) is 8.02. The lowest BCUT2D eigenvalue weighted by Gasteiger charge is -2.29. The van der Waals surface area contributed by atoms with Crippen LogP contribution in [0.1, 0.15) is 83.6 Å². The fourth-order valence-corrected chi connectivity index (χ4v) is 5.40. The predicted octanol–water partition coefficient (Wildman–Crippen LogP) is 10.3. The quantitative estimate of drug-likeness (QED) is 0.157. The Kier molecular flexibility index (Phi) is 12.8. The van der Waals surface area contributed by atoms with Crippen LogP contribution >= 0.6 is 0 Å². The lowest BCUT2D eigenvalue weighted by Crippen LogP contribution is -2.32. The van der Waals surface area contributed by atoms with Crippen LogP contribution < -0.4 is 4.74 Å². The third-order valence-corrected chi connectivity index (χ3v) is 8.02. The number of rotatable bonds is 16. The Bertz CT molecular complexity index is 1240. The Morgan fingerprint density at radius 3 is 2.07 bits per heavy atom. The predicted molar refractivity (Wildman–Crippen MR) is 163 cm³/mol. The molecule has 42 heavy (non-hydrogen) atoms. The lowest BCUT2D eigenvalue weighted by molar-refractivity contribution is -0.204. The highest BCUT2D eigenvalue weighted by molar-refractivity contribution is 5.71. The minimum atomic E-state index is -0.976. The van der Waals surface area contributed by atoms with Gasteiger partial charge in [-0.25, -0.2) is 8.78 Å². The molecule has 1 aliphatic rings. The molecule has 0 unspecified atom stereocenters. The first kappa shape index (κ1) is 32.1. The summed E-state index contributed by atoms with van der Waals surface area (Å²) in [5, 5.41) is 0. The van der Waals surface area contributed by atoms with Crippen molar-refractivity contribution in [2.45, 2.75) is 90.8 Å². The summed E-state index contributed by atoms with van der Waals surface area (Å²) < 4.78 is 61.6. The van der Waals surface area contributed by atoms with Crippen LogP contribution in [0.4, 0.5) is 13.2 Å². The van der Waals surface area contributed by atoms with E-state index in [4.69, 9.17) is 14.2 Å². The van der Waals surface area contributed by atoms with Crippen LogP contribution in [0.25, 0.3) is 22.3 Å². The van der Waals surface area contributed by atoms with E-state index in [1.165, 1.54) is 37.8 Å². The molecule has 1 saturated heterocycles. The molecule has 0 amide bonds. The molecule has 0 aliphatic carbocycles. The van der Waals surface area contributed by atoms with Gasteiger partial charge in [-0.05, 0) is 79.0 Å². The molecule has 0 saturated carbocycles. The average molecular weight is 583 g/mol. The Balaban J connectivity index is 1.26. The Morgan fingerprint density at radius 2 is 1.36 bits per heavy atom. The molecule has 0 N–H and O–H groups in total. The molecule has 1 aliphatic heterocycles. The van der Waals surface area contributed by atoms with Crippen molar-refractivity contribution in [1.82, 2.24) is 0 Å². The van der Waals surface area contributed by atoms with Crippen molar-refractivity contribution in [2.75, 3.05) is 19.8 Å². The zero-order valence-corrected chi connectivity index (χ0v) is 25.1. The first-order valence-electron chi connectivity index (χ1n) is 15.7. The van der Waals surface area contributed by atoms with E-state index in [-0.39, 0.29) is 23.4 Å². The van der Waals surface area contributed by atoms with Crippen LogP contribution in [0.2, 0.25) is 0 Å². The van der Waals surface area contributed by atoms with Gasteiger partial charge in [-0.3, -0.25) is 0 Å². The van der Waals surface area contributed by atoms with Crippen LogP contribution in [0.5, 0.6) is 5.75 Å². The number of halogens is 3. The molecule has 3 aromatic rings. The zero-order chi connectivity index (χ0) is 29.7. The van der Waals surface area contributed by atoms with Gasteiger partial charge in [-0.15, -0.1) is 0 Å². The van der Waals surface area contributed by atoms with Crippen molar-refractivity contribution in [3.8, 4) is 28.0 Å². The zero-order valence-electron chi connectivity index (χ0n) is 25.1. The van der Waals surface area contributed by atoms with Gasteiger partial charge in [-0.1, -0.05) is 82.3 Å². The second kappa shape index (κ2) is 16.7. The summed E-state index contributed by atoms with van der Waals surface area (Å²) in [6.07, 6.45) is 10.8. The van der Waals surface area contributed by atoms with Crippen LogP contribution in [0.15, 0.2) is 54.6 Å². The molecule has 0 radical (unpaired) electrons. The highest BCUT2D eigenvalue weighted by Crippen LogP contribution is 2.32. The second-order valence-electron chi connectivity index (χ2n) is 11.4. The SMILES string of the molecule is CCCCCOc1ccc(-c2ccc(-c3ccc(CCCCC4OCC(CCCCC)CO4)c(F)c3)cc2)c(F)c1F. The van der Waals surface area contributed by atoms with Gasteiger partial charge in [0.1, 0.15) is 5.82 Å². The van der Waals surface area contributed by atoms with E-state index in [2.05, 4.69) is 13.8 Å². The van der Waals surface area contributed by atoms with Crippen LogP contribution in [0.3, 0.4) is 0 Å². The standard InChI is InChI=1S/C36H45F3O3/c1-3-5-7-11-26-24-41-34(42-25-26)13-9-8-12-29-18-19-30(23-32(29)37)27-14-16-28(17-15-27)31-20-21-33(36(39)35(31)38)40-22-10-6-4-2/h14-21,23,26,34H,3-13,22,24-25H2,1-2H3. The minimum absolute atomic E-state index is 0.0681. The van der Waals surface area contributed by atoms with Crippen molar-refractivity contribution in [2.24, 2.45) is 5.92 Å². The fraction of sp³-hybridized carbons (Fsp3) is 0.500. The molecule has 1 heterocycles. The summed E-state index contributed by atoms with van der Waals surface area (Å²) in [6.45, 7) is 6.19. The Hall–Kier alpha value is -2.83. The topological polar surface area (TPSA) is 27.7 Å². The van der Waals surface area contributed by atoms with Crippen LogP contribution in [0, 0.1) is 23.4 Å². The maximum Gasteiger partial charge on any atom is 0.201 e. The molecule has 1 fully saturated rings. The minimum Gasteiger partial charge on any atom is -0.490 e. The van der Waals surface area contributed by atoms with Crippen LogP contribution in [-0.2, 0) is 15.9 Å². The van der Waals surface area contributed by atoms with E-state index in [1.807, 2.05) is 12.1 Å². The summed E-state index contributed by atoms with van der Waals surface area (Å²) in [4.78, 5) is 0. The molecule has 6 heteroatoms. The van der Waals surface area contributed by atoms with E-state index in [9.17, 15) is 13.2 Å². The molecule has 228 valence electrons. The summed E-state index contributed by atoms with van der Waals surface area (Å²) >= 11 is 0. The number of aryl methyl sites for hydroxylation is 1. The molecule has 0 bridgehead atoms. The van der Waals surface area contributed by atoms with Gasteiger partial charge in [0, 0.05) is 11.5 Å². The number of benzene rings is 3. The number of hydrogen-bond acceptors (Lipinski definition) is 3. The van der Waals surface area contributed by atoms with Crippen molar-refractivity contribution in [3.63, 3.8) is 0 Å². The number of unbranched alkanes of at least 4 members (excludes halogenated alkanes) is 5. The van der Waals surface area contributed by atoms with Gasteiger partial charge in [0.15, 0.2) is 17.9 Å². The smallest absolute Gasteiger partial charge is 0.201 e. The van der Waals surface area contributed by atoms with Gasteiger partial charge >= 0.3 is 0 Å². The summed E-state index contributed by atoms with van der Waals surface area (Å²) in [7, 11) is 0. The first-order chi connectivity index (χ1) is 20.5. The van der Waals surface area contributed by atoms with E-state index in [0.717, 1.165) is 62.9 Å². The number of ether oxygens (including phenoxy) is 3. The molecule has 0 spiro atoms. The molecule has 0 atom stereocenters. The van der Waals surface area contributed by atoms with Crippen molar-refractivity contribution in [1.29, 1.82) is 0 Å². The molecular formula is C36H45F3O3. The fourth-order valence-electron chi connectivity index (χ4n) is 5.40. The molecule has 3 nitrogen and oxygen atoms in total. The largest absolute Gasteiger partial charge is 0.490 e. The number of hydrogen-bond donors (Lipinski definition) is 0. The summed E-state index contributed by atoms with van der Waals surface area (Å²) in [6, 6.07) is 15.3. The van der Waals surface area contributed by atoms with Crippen molar-refractivity contribution < 1.29 is 27.4 Å². The van der Waals surface area contributed by atoms with Gasteiger partial charge in [0.25, 0.3) is 0 Å². The van der Waals surface area contributed by atoms with Gasteiger partial charge < -0.3 is 14.2 Å². The Morgan fingerprint density at radius 1 is 0.690 bits per heavy atom. The maximum atomic E-state index is 14.9. The monoisotopic (exact) mass is 582 g/mol. The van der Waals surface area contributed by atoms with E-state index < -0.39 is 11.6 Å². The molecule has 3 aromatic carbocycles. The Labute approximate surface area is 249 Å². The van der Waals surface area contributed by atoms with Crippen molar-refractivity contribution >= 4 is 0 Å². The van der Waals surface area contributed by atoms with Crippen molar-refractivity contribution in [3.05, 3.63) is 77.6 Å². The second-order valence-corrected chi connectivity index (χ2v) is 11.4. The third kappa shape index (κ3) is 9.08. The molecular weight excluding hydrogens is 537 g/mol. The highest BCUT2D eigenvalue weighted by Gasteiger charge is 2.21. The lowest BCUT2D eigenvalue weighted by atomic mass is 9.97.